The lowest BCUT2D eigenvalue weighted by Gasteiger charge is -2.18. The molecule has 0 heterocycles. The molecule has 0 radical (unpaired) electrons. The van der Waals surface area contributed by atoms with E-state index in [-0.39, 0.29) is 0 Å². The van der Waals surface area contributed by atoms with Crippen molar-refractivity contribution in [2.75, 3.05) is 5.75 Å². The van der Waals surface area contributed by atoms with Crippen molar-refractivity contribution in [3.8, 4) is 0 Å². The van der Waals surface area contributed by atoms with Gasteiger partial charge in [0.25, 0.3) is 0 Å². The van der Waals surface area contributed by atoms with E-state index in [4.69, 9.17) is 22.4 Å². The number of thioether (sulfide) groups is 1. The Morgan fingerprint density at radius 1 is 1.50 bits per heavy atom. The highest BCUT2D eigenvalue weighted by Crippen LogP contribution is 2.22. The van der Waals surface area contributed by atoms with E-state index in [0.29, 0.717) is 6.42 Å². The molecule has 0 saturated heterocycles. The molecule has 0 aliphatic rings. The highest BCUT2D eigenvalue weighted by atomic mass is 35.5. The third-order valence-electron chi connectivity index (χ3n) is 2.69. The molecule has 0 amide bonds. The summed E-state index contributed by atoms with van der Waals surface area (Å²) >= 11 is 7.78. The molecular weight excluding hydrogens is 270 g/mol. The number of hydrogen-bond acceptors (Lipinski definition) is 3. The predicted octanol–water partition coefficient (Wildman–Crippen LogP) is 3.16. The summed E-state index contributed by atoms with van der Waals surface area (Å²) in [5.41, 5.74) is 5.64. The van der Waals surface area contributed by atoms with Crippen LogP contribution in [-0.4, -0.2) is 22.4 Å². The number of carbonyl (C=O) groups is 1. The lowest BCUT2D eigenvalue weighted by atomic mass is 9.98. The van der Waals surface area contributed by atoms with Crippen LogP contribution in [0.4, 0.5) is 0 Å². The molecule has 1 aromatic rings. The minimum atomic E-state index is -1.12. The van der Waals surface area contributed by atoms with Gasteiger partial charge in [-0.1, -0.05) is 29.8 Å². The SMILES string of the molecule is CC(N)(CCCSCc1ccccc1Cl)C(=O)O. The number of aliphatic carboxylic acids is 1. The van der Waals surface area contributed by atoms with Gasteiger partial charge in [-0.05, 0) is 37.1 Å². The van der Waals surface area contributed by atoms with Gasteiger partial charge in [-0.15, -0.1) is 0 Å². The number of hydrogen-bond donors (Lipinski definition) is 2. The summed E-state index contributed by atoms with van der Waals surface area (Å²) in [5.74, 6) is 0.776. The molecule has 0 aliphatic carbocycles. The van der Waals surface area contributed by atoms with Crippen LogP contribution in [0.5, 0.6) is 0 Å². The standard InChI is InChI=1S/C13H18ClNO2S/c1-13(15,12(16)17)7-4-8-18-9-10-5-2-3-6-11(10)14/h2-3,5-6H,4,7-9,15H2,1H3,(H,16,17). The van der Waals surface area contributed by atoms with E-state index in [1.807, 2.05) is 24.3 Å². The van der Waals surface area contributed by atoms with E-state index in [1.165, 1.54) is 0 Å². The quantitative estimate of drug-likeness (QED) is 0.756. The van der Waals surface area contributed by atoms with Crippen molar-refractivity contribution in [3.05, 3.63) is 34.9 Å². The van der Waals surface area contributed by atoms with Crippen molar-refractivity contribution in [2.45, 2.75) is 31.1 Å². The Kier molecular flexibility index (Phi) is 5.99. The van der Waals surface area contributed by atoms with Crippen molar-refractivity contribution in [1.29, 1.82) is 0 Å². The number of carboxylic acids is 1. The molecule has 1 atom stereocenters. The topological polar surface area (TPSA) is 63.3 Å². The second-order valence-electron chi connectivity index (χ2n) is 4.47. The number of nitrogens with two attached hydrogens (primary N) is 1. The van der Waals surface area contributed by atoms with E-state index in [2.05, 4.69) is 0 Å². The zero-order valence-electron chi connectivity index (χ0n) is 10.4. The fraction of sp³-hybridized carbons (Fsp3) is 0.462. The van der Waals surface area contributed by atoms with Crippen LogP contribution in [0, 0.1) is 0 Å². The van der Waals surface area contributed by atoms with Crippen molar-refractivity contribution >= 4 is 29.3 Å². The summed E-state index contributed by atoms with van der Waals surface area (Å²) in [4.78, 5) is 10.8. The Hall–Kier alpha value is -0.710. The van der Waals surface area contributed by atoms with Crippen LogP contribution in [0.15, 0.2) is 24.3 Å². The maximum atomic E-state index is 10.8. The molecule has 0 saturated carbocycles. The fourth-order valence-electron chi connectivity index (χ4n) is 1.45. The van der Waals surface area contributed by atoms with Crippen molar-refractivity contribution in [2.24, 2.45) is 5.73 Å². The van der Waals surface area contributed by atoms with Crippen molar-refractivity contribution in [3.63, 3.8) is 0 Å². The van der Waals surface area contributed by atoms with Gasteiger partial charge in [-0.2, -0.15) is 11.8 Å². The van der Waals surface area contributed by atoms with Gasteiger partial charge in [-0.25, -0.2) is 0 Å². The molecule has 1 rings (SSSR count). The highest BCUT2D eigenvalue weighted by molar-refractivity contribution is 7.98. The number of carboxylic acid groups (broad SMARTS) is 1. The second kappa shape index (κ2) is 7.02. The summed E-state index contributed by atoms with van der Waals surface area (Å²) < 4.78 is 0. The normalized spacial score (nSPS) is 14.2. The molecule has 3 nitrogen and oxygen atoms in total. The van der Waals surface area contributed by atoms with Gasteiger partial charge < -0.3 is 10.8 Å². The minimum Gasteiger partial charge on any atom is -0.480 e. The van der Waals surface area contributed by atoms with Gasteiger partial charge in [-0.3, -0.25) is 4.79 Å². The average Bonchev–Trinajstić information content (AvgIpc) is 2.30. The van der Waals surface area contributed by atoms with E-state index in [9.17, 15) is 4.79 Å². The zero-order chi connectivity index (χ0) is 13.6. The van der Waals surface area contributed by atoms with Crippen LogP contribution in [0.3, 0.4) is 0 Å². The molecule has 0 fully saturated rings. The molecule has 0 spiro atoms. The lowest BCUT2D eigenvalue weighted by molar-refractivity contribution is -0.142. The van der Waals surface area contributed by atoms with Gasteiger partial charge in [0.1, 0.15) is 5.54 Å². The third kappa shape index (κ3) is 4.88. The maximum Gasteiger partial charge on any atom is 0.323 e. The van der Waals surface area contributed by atoms with E-state index >= 15 is 0 Å². The Balaban J connectivity index is 2.24. The average molecular weight is 288 g/mol. The zero-order valence-corrected chi connectivity index (χ0v) is 11.9. The Labute approximate surface area is 117 Å². The highest BCUT2D eigenvalue weighted by Gasteiger charge is 2.26. The van der Waals surface area contributed by atoms with E-state index in [0.717, 1.165) is 28.5 Å². The van der Waals surface area contributed by atoms with E-state index in [1.54, 1.807) is 18.7 Å². The molecular formula is C13H18ClNO2S. The van der Waals surface area contributed by atoms with Crippen LogP contribution in [0.1, 0.15) is 25.3 Å². The van der Waals surface area contributed by atoms with Gasteiger partial charge in [0.2, 0.25) is 0 Å². The van der Waals surface area contributed by atoms with E-state index < -0.39 is 11.5 Å². The summed E-state index contributed by atoms with van der Waals surface area (Å²) in [6, 6.07) is 7.74. The van der Waals surface area contributed by atoms with Gasteiger partial charge in [0.05, 0.1) is 0 Å². The first-order chi connectivity index (χ1) is 8.43. The van der Waals surface area contributed by atoms with Crippen molar-refractivity contribution < 1.29 is 9.90 Å². The van der Waals surface area contributed by atoms with Gasteiger partial charge in [0, 0.05) is 10.8 Å². The summed E-state index contributed by atoms with van der Waals surface area (Å²) in [6.45, 7) is 1.55. The molecule has 0 aromatic heterocycles. The predicted molar refractivity (Wildman–Crippen MR) is 77.1 cm³/mol. The molecule has 0 aliphatic heterocycles. The third-order valence-corrected chi connectivity index (χ3v) is 4.15. The first-order valence-corrected chi connectivity index (χ1v) is 7.30. The minimum absolute atomic E-state index is 0.484. The fourth-order valence-corrected chi connectivity index (χ4v) is 2.69. The molecule has 0 bridgehead atoms. The van der Waals surface area contributed by atoms with Gasteiger partial charge >= 0.3 is 5.97 Å². The Morgan fingerprint density at radius 2 is 2.17 bits per heavy atom. The Morgan fingerprint density at radius 3 is 2.78 bits per heavy atom. The molecule has 3 N–H and O–H groups in total. The maximum absolute atomic E-state index is 10.8. The molecule has 100 valence electrons. The largest absolute Gasteiger partial charge is 0.480 e. The molecule has 1 unspecified atom stereocenters. The molecule has 1 aromatic carbocycles. The van der Waals surface area contributed by atoms with Crippen LogP contribution in [-0.2, 0) is 10.5 Å². The van der Waals surface area contributed by atoms with Crippen LogP contribution >= 0.6 is 23.4 Å². The summed E-state index contributed by atoms with van der Waals surface area (Å²) in [5, 5.41) is 9.64. The van der Waals surface area contributed by atoms with Crippen LogP contribution in [0.2, 0.25) is 5.02 Å². The summed E-state index contributed by atoms with van der Waals surface area (Å²) in [6.07, 6.45) is 1.27. The first-order valence-electron chi connectivity index (χ1n) is 5.77. The number of rotatable bonds is 7. The molecule has 18 heavy (non-hydrogen) atoms. The number of benzene rings is 1. The first kappa shape index (κ1) is 15.3. The van der Waals surface area contributed by atoms with Crippen molar-refractivity contribution in [1.82, 2.24) is 0 Å². The van der Waals surface area contributed by atoms with Crippen LogP contribution in [0.25, 0.3) is 0 Å². The van der Waals surface area contributed by atoms with Crippen LogP contribution < -0.4 is 5.73 Å². The molecule has 5 heteroatoms. The lowest BCUT2D eigenvalue weighted by Crippen LogP contribution is -2.44. The Bertz CT molecular complexity index is 410. The monoisotopic (exact) mass is 287 g/mol. The summed E-state index contributed by atoms with van der Waals surface area (Å²) in [7, 11) is 0. The smallest absolute Gasteiger partial charge is 0.323 e. The van der Waals surface area contributed by atoms with Gasteiger partial charge in [0.15, 0.2) is 0 Å². The second-order valence-corrected chi connectivity index (χ2v) is 5.98. The number of halogens is 1.